The lowest BCUT2D eigenvalue weighted by atomic mass is 10.2. The van der Waals surface area contributed by atoms with Crippen molar-refractivity contribution in [3.63, 3.8) is 0 Å². The highest BCUT2D eigenvalue weighted by Gasteiger charge is 1.83. The Kier molecular flexibility index (Phi) is 9.92. The van der Waals surface area contributed by atoms with Crippen molar-refractivity contribution in [3.05, 3.63) is 24.8 Å². The highest BCUT2D eigenvalue weighted by molar-refractivity contribution is 9.09. The van der Waals surface area contributed by atoms with Gasteiger partial charge in [-0.05, 0) is 25.7 Å². The van der Waals surface area contributed by atoms with Crippen molar-refractivity contribution < 1.29 is 0 Å². The van der Waals surface area contributed by atoms with Gasteiger partial charge in [0.15, 0.2) is 0 Å². The second-order valence-electron chi connectivity index (χ2n) is 2.53. The molecule has 0 bridgehead atoms. The van der Waals surface area contributed by atoms with E-state index in [-0.39, 0.29) is 0 Å². The zero-order valence-electron chi connectivity index (χ0n) is 7.06. The molecule has 0 saturated carbocycles. The van der Waals surface area contributed by atoms with E-state index in [1.807, 2.05) is 6.08 Å². The van der Waals surface area contributed by atoms with Crippen LogP contribution in [-0.2, 0) is 0 Å². The van der Waals surface area contributed by atoms with Gasteiger partial charge in [-0.3, -0.25) is 0 Å². The Hall–Kier alpha value is -0.0400. The molecule has 0 aliphatic carbocycles. The van der Waals surface area contributed by atoms with Gasteiger partial charge in [0.25, 0.3) is 0 Å². The molecule has 0 atom stereocenters. The molecule has 0 heterocycles. The van der Waals surface area contributed by atoms with Crippen LogP contribution in [0.4, 0.5) is 0 Å². The van der Waals surface area contributed by atoms with E-state index in [0.29, 0.717) is 0 Å². The topological polar surface area (TPSA) is 0 Å². The molecule has 11 heavy (non-hydrogen) atoms. The van der Waals surface area contributed by atoms with Gasteiger partial charge in [-0.25, -0.2) is 0 Å². The summed E-state index contributed by atoms with van der Waals surface area (Å²) < 4.78 is 0. The normalized spacial score (nSPS) is 10.6. The first-order valence-corrected chi connectivity index (χ1v) is 5.36. The van der Waals surface area contributed by atoms with Crippen molar-refractivity contribution in [2.45, 2.75) is 32.1 Å². The Morgan fingerprint density at radius 1 is 1.09 bits per heavy atom. The number of hydrogen-bond donors (Lipinski definition) is 0. The lowest BCUT2D eigenvalue weighted by Crippen LogP contribution is -1.75. The van der Waals surface area contributed by atoms with Crippen molar-refractivity contribution in [3.8, 4) is 0 Å². The Balaban J connectivity index is 2.94. The van der Waals surface area contributed by atoms with Crippen LogP contribution in [-0.4, -0.2) is 5.33 Å². The maximum atomic E-state index is 3.65. The van der Waals surface area contributed by atoms with E-state index in [2.05, 4.69) is 34.7 Å². The quantitative estimate of drug-likeness (QED) is 0.342. The highest BCUT2D eigenvalue weighted by atomic mass is 79.9. The molecule has 0 amide bonds. The van der Waals surface area contributed by atoms with Crippen LogP contribution in [0, 0.1) is 0 Å². The summed E-state index contributed by atoms with van der Waals surface area (Å²) in [7, 11) is 0. The Morgan fingerprint density at radius 2 is 1.91 bits per heavy atom. The fourth-order valence-electron chi connectivity index (χ4n) is 0.844. The summed E-state index contributed by atoms with van der Waals surface area (Å²) in [5, 5.41) is 1.14. The summed E-state index contributed by atoms with van der Waals surface area (Å²) >= 11 is 3.41. The average Bonchev–Trinajstić information content (AvgIpc) is 2.03. The number of unbranched alkanes of at least 4 members (excludes halogenated alkanes) is 3. The standard InChI is InChI=1S/C10H17Br/c1-2-3-4-5-6-7-8-9-10-11/h2,4-5H,1,3,6-10H2/b5-4+. The van der Waals surface area contributed by atoms with Gasteiger partial charge in [-0.1, -0.05) is 40.6 Å². The van der Waals surface area contributed by atoms with Gasteiger partial charge in [0.2, 0.25) is 0 Å². The third-order valence-corrected chi connectivity index (χ3v) is 2.03. The van der Waals surface area contributed by atoms with Crippen molar-refractivity contribution >= 4 is 15.9 Å². The first-order chi connectivity index (χ1) is 5.41. The van der Waals surface area contributed by atoms with Gasteiger partial charge >= 0.3 is 0 Å². The molecule has 0 aromatic rings. The highest BCUT2D eigenvalue weighted by Crippen LogP contribution is 2.02. The first-order valence-electron chi connectivity index (χ1n) is 4.23. The second-order valence-corrected chi connectivity index (χ2v) is 3.33. The van der Waals surface area contributed by atoms with E-state index in [0.717, 1.165) is 11.8 Å². The van der Waals surface area contributed by atoms with Crippen LogP contribution in [0.5, 0.6) is 0 Å². The molecule has 0 N–H and O–H groups in total. The fraction of sp³-hybridized carbons (Fsp3) is 0.600. The molecule has 0 nitrogen and oxygen atoms in total. The maximum absolute atomic E-state index is 3.65. The van der Waals surface area contributed by atoms with E-state index in [1.165, 1.54) is 25.7 Å². The van der Waals surface area contributed by atoms with E-state index in [4.69, 9.17) is 0 Å². The molecule has 0 unspecified atom stereocenters. The predicted molar refractivity (Wildman–Crippen MR) is 56.2 cm³/mol. The third kappa shape index (κ3) is 9.96. The minimum absolute atomic E-state index is 1.01. The molecule has 0 aliphatic heterocycles. The number of hydrogen-bond acceptors (Lipinski definition) is 0. The first kappa shape index (κ1) is 11.0. The SMILES string of the molecule is C=CC/C=C/CCCCCBr. The van der Waals surface area contributed by atoms with E-state index in [9.17, 15) is 0 Å². The summed E-state index contributed by atoms with van der Waals surface area (Å²) in [6.45, 7) is 3.65. The van der Waals surface area contributed by atoms with E-state index in [1.54, 1.807) is 0 Å². The molecule has 0 aromatic carbocycles. The summed E-state index contributed by atoms with van der Waals surface area (Å²) in [5.74, 6) is 0. The summed E-state index contributed by atoms with van der Waals surface area (Å²) in [6, 6.07) is 0. The Labute approximate surface area is 78.5 Å². The lowest BCUT2D eigenvalue weighted by molar-refractivity contribution is 0.736. The smallest absolute Gasteiger partial charge is 0.00313 e. The van der Waals surface area contributed by atoms with Crippen LogP contribution in [0.1, 0.15) is 32.1 Å². The molecule has 0 fully saturated rings. The fourth-order valence-corrected chi connectivity index (χ4v) is 1.24. The van der Waals surface area contributed by atoms with Crippen molar-refractivity contribution in [1.82, 2.24) is 0 Å². The van der Waals surface area contributed by atoms with Crippen molar-refractivity contribution in [1.29, 1.82) is 0 Å². The molecule has 0 radical (unpaired) electrons. The Morgan fingerprint density at radius 3 is 2.55 bits per heavy atom. The molecule has 1 heteroatoms. The largest absolute Gasteiger partial charge is 0.103 e. The number of rotatable bonds is 7. The zero-order valence-corrected chi connectivity index (χ0v) is 8.65. The predicted octanol–water partition coefficient (Wildman–Crippen LogP) is 4.07. The second kappa shape index (κ2) is 9.96. The third-order valence-electron chi connectivity index (χ3n) is 1.47. The summed E-state index contributed by atoms with van der Waals surface area (Å²) in [4.78, 5) is 0. The Bertz CT molecular complexity index is 105. The van der Waals surface area contributed by atoms with Crippen molar-refractivity contribution in [2.75, 3.05) is 5.33 Å². The number of alkyl halides is 1. The number of allylic oxidation sites excluding steroid dienone is 3. The molecule has 0 rings (SSSR count). The van der Waals surface area contributed by atoms with Gasteiger partial charge in [-0.15, -0.1) is 6.58 Å². The minimum Gasteiger partial charge on any atom is -0.103 e. The molecular weight excluding hydrogens is 200 g/mol. The molecule has 0 aliphatic rings. The summed E-state index contributed by atoms with van der Waals surface area (Å²) in [5.41, 5.74) is 0. The zero-order chi connectivity index (χ0) is 8.36. The van der Waals surface area contributed by atoms with Gasteiger partial charge in [0.05, 0.1) is 0 Å². The van der Waals surface area contributed by atoms with Gasteiger partial charge in [0, 0.05) is 5.33 Å². The molecule has 64 valence electrons. The van der Waals surface area contributed by atoms with Crippen LogP contribution in [0.2, 0.25) is 0 Å². The summed E-state index contributed by atoms with van der Waals surface area (Å²) in [6.07, 6.45) is 12.5. The molecule has 0 saturated heterocycles. The molecular formula is C10H17Br. The monoisotopic (exact) mass is 216 g/mol. The van der Waals surface area contributed by atoms with Crippen LogP contribution in [0.3, 0.4) is 0 Å². The number of halogens is 1. The molecule has 0 aromatic heterocycles. The van der Waals surface area contributed by atoms with Crippen LogP contribution in [0.25, 0.3) is 0 Å². The van der Waals surface area contributed by atoms with Gasteiger partial charge < -0.3 is 0 Å². The minimum atomic E-state index is 1.01. The van der Waals surface area contributed by atoms with Crippen LogP contribution >= 0.6 is 15.9 Å². The van der Waals surface area contributed by atoms with E-state index < -0.39 is 0 Å². The van der Waals surface area contributed by atoms with E-state index >= 15 is 0 Å². The van der Waals surface area contributed by atoms with Crippen molar-refractivity contribution in [2.24, 2.45) is 0 Å². The van der Waals surface area contributed by atoms with Crippen LogP contribution in [0.15, 0.2) is 24.8 Å². The lowest BCUT2D eigenvalue weighted by Gasteiger charge is -1.92. The maximum Gasteiger partial charge on any atom is 0.00313 e. The van der Waals surface area contributed by atoms with Crippen LogP contribution < -0.4 is 0 Å². The van der Waals surface area contributed by atoms with Gasteiger partial charge in [-0.2, -0.15) is 0 Å². The average molecular weight is 217 g/mol. The molecule has 0 spiro atoms. The van der Waals surface area contributed by atoms with Gasteiger partial charge in [0.1, 0.15) is 0 Å².